The first-order valence-corrected chi connectivity index (χ1v) is 14.1. The molecule has 9 nitrogen and oxygen atoms in total. The molecule has 0 radical (unpaired) electrons. The monoisotopic (exact) mass is 557 g/mol. The highest BCUT2D eigenvalue weighted by Crippen LogP contribution is 2.59. The van der Waals surface area contributed by atoms with E-state index in [1.807, 2.05) is 13.0 Å². The summed E-state index contributed by atoms with van der Waals surface area (Å²) in [5.74, 6) is -0.143. The minimum atomic E-state index is -1.22. The number of carboxylic acids is 1. The first kappa shape index (κ1) is 27.1. The summed E-state index contributed by atoms with van der Waals surface area (Å²) in [5, 5.41) is 9.63. The number of carboxylic acid groups (broad SMARTS) is 1. The number of ketones is 1. The lowest BCUT2D eigenvalue weighted by molar-refractivity contribution is -0.126. The number of pyridine rings is 1. The third-order valence-electron chi connectivity index (χ3n) is 9.42. The number of Topliss-reactive ketones (excluding diaryl/α,β-unsaturated/α-hetero) is 1. The van der Waals surface area contributed by atoms with Crippen molar-refractivity contribution in [1.82, 2.24) is 9.88 Å². The van der Waals surface area contributed by atoms with E-state index in [1.165, 1.54) is 6.07 Å². The van der Waals surface area contributed by atoms with Crippen molar-refractivity contribution in [1.29, 1.82) is 0 Å². The van der Waals surface area contributed by atoms with Gasteiger partial charge in [-0.25, -0.2) is 9.78 Å². The fourth-order valence-electron chi connectivity index (χ4n) is 7.30. The van der Waals surface area contributed by atoms with Gasteiger partial charge in [0.15, 0.2) is 11.5 Å². The van der Waals surface area contributed by atoms with E-state index in [0.29, 0.717) is 58.1 Å². The number of hydrogen-bond acceptors (Lipinski definition) is 7. The first-order valence-electron chi connectivity index (χ1n) is 14.1. The van der Waals surface area contributed by atoms with Crippen molar-refractivity contribution in [3.05, 3.63) is 63.8 Å². The van der Waals surface area contributed by atoms with Gasteiger partial charge in [-0.1, -0.05) is 20.3 Å². The lowest BCUT2D eigenvalue weighted by Gasteiger charge is -2.47. The number of nitrogen functional groups attached to an aromatic ring is 1. The van der Waals surface area contributed by atoms with Gasteiger partial charge in [0.1, 0.15) is 17.3 Å². The molecule has 6 rings (SSSR count). The lowest BCUT2D eigenvalue weighted by Crippen LogP contribution is -2.40. The number of rotatable bonds is 5. The number of allylic oxidation sites excluding steroid dienone is 2. The van der Waals surface area contributed by atoms with Crippen molar-refractivity contribution in [3.63, 3.8) is 0 Å². The van der Waals surface area contributed by atoms with Crippen LogP contribution in [0.25, 0.3) is 11.3 Å². The second kappa shape index (κ2) is 9.46. The average molecular weight is 558 g/mol. The highest BCUT2D eigenvalue weighted by molar-refractivity contribution is 6.07. The number of aromatic nitrogens is 1. The van der Waals surface area contributed by atoms with Gasteiger partial charge < -0.3 is 25.2 Å². The zero-order valence-corrected chi connectivity index (χ0v) is 24.0. The van der Waals surface area contributed by atoms with Crippen molar-refractivity contribution >= 4 is 23.3 Å². The Bertz CT molecular complexity index is 1580. The number of carbonyl (C=O) groups excluding carboxylic acids is 2. The molecule has 9 heteroatoms. The second-order valence-electron chi connectivity index (χ2n) is 12.2. The quantitative estimate of drug-likeness (QED) is 0.525. The van der Waals surface area contributed by atoms with Crippen LogP contribution in [0.5, 0.6) is 5.75 Å². The van der Waals surface area contributed by atoms with Crippen LogP contribution in [0.4, 0.5) is 5.69 Å². The number of carbonyl (C=O) groups is 3. The van der Waals surface area contributed by atoms with Gasteiger partial charge in [0.05, 0.1) is 36.0 Å². The molecule has 1 fully saturated rings. The minimum Gasteiger partial charge on any atom is -0.496 e. The SMILES string of the molecule is COc1ccc(-c2ccc(N)c(C(=O)O)n2)c(C)c1[C@H]1C2=C(CC3(CCC3)CC2=O)OC2=C1C(=O)N(C)[C@@H]2C(C)C. The van der Waals surface area contributed by atoms with Crippen molar-refractivity contribution in [2.45, 2.75) is 64.8 Å². The number of amides is 1. The number of methoxy groups -OCH3 is 1. The third-order valence-corrected chi connectivity index (χ3v) is 9.42. The molecule has 4 aliphatic rings. The molecular formula is C32H35N3O6. The van der Waals surface area contributed by atoms with E-state index in [1.54, 1.807) is 31.2 Å². The first-order chi connectivity index (χ1) is 19.5. The molecule has 3 heterocycles. The molecule has 0 saturated heterocycles. The zero-order valence-electron chi connectivity index (χ0n) is 24.0. The Morgan fingerprint density at radius 1 is 1.17 bits per heavy atom. The predicted molar refractivity (Wildman–Crippen MR) is 152 cm³/mol. The molecule has 41 heavy (non-hydrogen) atoms. The van der Waals surface area contributed by atoms with Crippen LogP contribution >= 0.6 is 0 Å². The number of anilines is 1. The van der Waals surface area contributed by atoms with Gasteiger partial charge in [-0.3, -0.25) is 9.59 Å². The maximum absolute atomic E-state index is 14.0. The number of likely N-dealkylation sites (N-methyl/N-ethyl adjacent to an activating group) is 1. The van der Waals surface area contributed by atoms with E-state index < -0.39 is 11.9 Å². The Morgan fingerprint density at radius 2 is 1.90 bits per heavy atom. The number of benzene rings is 1. The Kier molecular flexibility index (Phi) is 6.24. The average Bonchev–Trinajstić information content (AvgIpc) is 3.16. The van der Waals surface area contributed by atoms with E-state index in [0.717, 1.165) is 24.8 Å². The molecule has 0 unspecified atom stereocenters. The van der Waals surface area contributed by atoms with Crippen molar-refractivity contribution < 1.29 is 29.0 Å². The largest absolute Gasteiger partial charge is 0.496 e. The van der Waals surface area contributed by atoms with Crippen LogP contribution in [0.3, 0.4) is 0 Å². The van der Waals surface area contributed by atoms with Gasteiger partial charge in [0.2, 0.25) is 0 Å². The molecule has 2 aliphatic heterocycles. The summed E-state index contributed by atoms with van der Waals surface area (Å²) in [6.07, 6.45) is 4.20. The van der Waals surface area contributed by atoms with Crippen LogP contribution in [0.1, 0.15) is 73.5 Å². The molecule has 1 saturated carbocycles. The minimum absolute atomic E-state index is 0.0107. The second-order valence-corrected chi connectivity index (χ2v) is 12.2. The molecule has 1 spiro atoms. The zero-order chi connectivity index (χ0) is 29.4. The van der Waals surface area contributed by atoms with Crippen LogP contribution < -0.4 is 10.5 Å². The summed E-state index contributed by atoms with van der Waals surface area (Å²) < 4.78 is 12.5. The molecule has 214 valence electrons. The van der Waals surface area contributed by atoms with Crippen molar-refractivity contribution in [3.8, 4) is 17.0 Å². The molecule has 1 aromatic carbocycles. The maximum atomic E-state index is 14.0. The number of aromatic carboxylic acids is 1. The summed E-state index contributed by atoms with van der Waals surface area (Å²) in [7, 11) is 3.35. The summed E-state index contributed by atoms with van der Waals surface area (Å²) in [6, 6.07) is 6.55. The fourth-order valence-corrected chi connectivity index (χ4v) is 7.30. The van der Waals surface area contributed by atoms with Gasteiger partial charge in [-0.15, -0.1) is 0 Å². The maximum Gasteiger partial charge on any atom is 0.356 e. The van der Waals surface area contributed by atoms with Gasteiger partial charge in [-0.2, -0.15) is 0 Å². The van der Waals surface area contributed by atoms with Crippen LogP contribution in [0.15, 0.2) is 46.9 Å². The fraction of sp³-hybridized carbons (Fsp3) is 0.438. The van der Waals surface area contributed by atoms with Crippen LogP contribution in [-0.4, -0.2) is 52.8 Å². The molecule has 1 amide bonds. The number of nitrogens with two attached hydrogens (primary N) is 1. The molecular weight excluding hydrogens is 522 g/mol. The van der Waals surface area contributed by atoms with E-state index in [4.69, 9.17) is 15.2 Å². The van der Waals surface area contributed by atoms with Crippen LogP contribution in [0.2, 0.25) is 0 Å². The molecule has 2 atom stereocenters. The normalized spacial score (nSPS) is 23.0. The standard InChI is InChI=1S/C32H35N3O6/c1-15(2)28-29-26(30(37)35(28)4)25(24-20(36)13-32(11-6-12-32)14-22(24)41-29)23-16(3)17(7-10-21(23)40-5)19-9-8-18(33)27(34-19)31(38)39/h7-10,15,25,28H,6,11-14,33H2,1-5H3,(H,38,39)/t25-,28+/m0/s1. The van der Waals surface area contributed by atoms with Gasteiger partial charge in [0, 0.05) is 36.6 Å². The molecule has 2 aliphatic carbocycles. The number of nitrogens with zero attached hydrogens (tertiary/aromatic N) is 2. The Hall–Kier alpha value is -4.14. The highest BCUT2D eigenvalue weighted by atomic mass is 16.5. The van der Waals surface area contributed by atoms with Crippen molar-refractivity contribution in [2.75, 3.05) is 19.9 Å². The Labute approximate surface area is 239 Å². The Balaban J connectivity index is 1.61. The number of hydrogen-bond donors (Lipinski definition) is 2. The molecule has 3 N–H and O–H groups in total. The highest BCUT2D eigenvalue weighted by Gasteiger charge is 2.54. The van der Waals surface area contributed by atoms with Gasteiger partial charge in [-0.05, 0) is 60.9 Å². The smallest absolute Gasteiger partial charge is 0.356 e. The summed E-state index contributed by atoms with van der Waals surface area (Å²) in [5.41, 5.74) is 9.16. The molecule has 0 bridgehead atoms. The third kappa shape index (κ3) is 3.96. The van der Waals surface area contributed by atoms with E-state index in [2.05, 4.69) is 18.8 Å². The summed E-state index contributed by atoms with van der Waals surface area (Å²) >= 11 is 0. The van der Waals surface area contributed by atoms with E-state index >= 15 is 0 Å². The molecule has 2 aromatic rings. The van der Waals surface area contributed by atoms with Crippen LogP contribution in [-0.2, 0) is 14.3 Å². The summed E-state index contributed by atoms with van der Waals surface area (Å²) in [6.45, 7) is 6.02. The topological polar surface area (TPSA) is 132 Å². The van der Waals surface area contributed by atoms with E-state index in [-0.39, 0.29) is 40.4 Å². The molecule has 1 aromatic heterocycles. The number of ether oxygens (including phenoxy) is 2. The summed E-state index contributed by atoms with van der Waals surface area (Å²) in [4.78, 5) is 45.8. The van der Waals surface area contributed by atoms with E-state index in [9.17, 15) is 19.5 Å². The van der Waals surface area contributed by atoms with Gasteiger partial charge >= 0.3 is 5.97 Å². The van der Waals surface area contributed by atoms with Crippen LogP contribution in [0, 0.1) is 18.3 Å². The Morgan fingerprint density at radius 3 is 2.51 bits per heavy atom. The van der Waals surface area contributed by atoms with Gasteiger partial charge in [0.25, 0.3) is 5.91 Å². The van der Waals surface area contributed by atoms with Crippen molar-refractivity contribution in [2.24, 2.45) is 11.3 Å². The lowest BCUT2D eigenvalue weighted by atomic mass is 9.58. The predicted octanol–water partition coefficient (Wildman–Crippen LogP) is 5.00.